The number of ketones is 1. The Morgan fingerprint density at radius 1 is 0.926 bits per heavy atom. The van der Waals surface area contributed by atoms with Gasteiger partial charge >= 0.3 is 0 Å². The summed E-state index contributed by atoms with van der Waals surface area (Å²) in [5.74, 6) is 0.284. The van der Waals surface area contributed by atoms with Crippen LogP contribution in [-0.4, -0.2) is 63.8 Å². The summed E-state index contributed by atoms with van der Waals surface area (Å²) < 4.78 is 0. The summed E-state index contributed by atoms with van der Waals surface area (Å²) in [4.78, 5) is 38.7. The van der Waals surface area contributed by atoms with E-state index in [1.807, 2.05) is 6.07 Å². The molecule has 8 heteroatoms. The zero-order valence-corrected chi connectivity index (χ0v) is 15.3. The van der Waals surface area contributed by atoms with Gasteiger partial charge in [-0.05, 0) is 31.2 Å². The van der Waals surface area contributed by atoms with E-state index in [0.29, 0.717) is 37.6 Å². The second-order valence-corrected chi connectivity index (χ2v) is 6.36. The molecule has 1 aliphatic heterocycles. The van der Waals surface area contributed by atoms with Gasteiger partial charge in [0.1, 0.15) is 0 Å². The third-order valence-electron chi connectivity index (χ3n) is 4.44. The SMILES string of the molecule is CC(=O)c1cccc(Nc2ccc(C(=O)N3CCN(C(C)=O)CC3)nn2)c1. The number of carbonyl (C=O) groups is 3. The predicted octanol–water partition coefficient (Wildman–Crippen LogP) is 1.73. The summed E-state index contributed by atoms with van der Waals surface area (Å²) in [5, 5.41) is 11.1. The lowest BCUT2D eigenvalue weighted by atomic mass is 10.1. The van der Waals surface area contributed by atoms with Crippen molar-refractivity contribution in [1.82, 2.24) is 20.0 Å². The van der Waals surface area contributed by atoms with Crippen LogP contribution in [0.25, 0.3) is 0 Å². The molecule has 0 atom stereocenters. The fraction of sp³-hybridized carbons (Fsp3) is 0.316. The Morgan fingerprint density at radius 2 is 1.63 bits per heavy atom. The molecule has 140 valence electrons. The fourth-order valence-corrected chi connectivity index (χ4v) is 2.86. The molecule has 1 N–H and O–H groups in total. The minimum Gasteiger partial charge on any atom is -0.339 e. The Kier molecular flexibility index (Phi) is 5.44. The molecule has 1 aliphatic rings. The molecule has 27 heavy (non-hydrogen) atoms. The van der Waals surface area contributed by atoms with E-state index in [1.54, 1.807) is 40.1 Å². The van der Waals surface area contributed by atoms with Crippen molar-refractivity contribution in [3.8, 4) is 0 Å². The molecule has 1 fully saturated rings. The van der Waals surface area contributed by atoms with Crippen molar-refractivity contribution < 1.29 is 14.4 Å². The number of benzene rings is 1. The molecule has 0 radical (unpaired) electrons. The highest BCUT2D eigenvalue weighted by atomic mass is 16.2. The lowest BCUT2D eigenvalue weighted by Gasteiger charge is -2.33. The smallest absolute Gasteiger partial charge is 0.274 e. The number of Topliss-reactive ketones (excluding diaryl/α,β-unsaturated/α-hetero) is 1. The molecule has 2 aromatic rings. The average Bonchev–Trinajstić information content (AvgIpc) is 2.68. The van der Waals surface area contributed by atoms with Gasteiger partial charge in [-0.25, -0.2) is 0 Å². The Morgan fingerprint density at radius 3 is 2.22 bits per heavy atom. The maximum atomic E-state index is 12.5. The molecule has 0 spiro atoms. The predicted molar refractivity (Wildman–Crippen MR) is 99.9 cm³/mol. The maximum Gasteiger partial charge on any atom is 0.274 e. The van der Waals surface area contributed by atoms with E-state index in [4.69, 9.17) is 0 Å². The van der Waals surface area contributed by atoms with Crippen LogP contribution in [-0.2, 0) is 4.79 Å². The van der Waals surface area contributed by atoms with Gasteiger partial charge in [0, 0.05) is 44.4 Å². The molecule has 1 aromatic heterocycles. The second-order valence-electron chi connectivity index (χ2n) is 6.36. The molecule has 0 aliphatic carbocycles. The molecule has 1 aromatic carbocycles. The van der Waals surface area contributed by atoms with Gasteiger partial charge in [-0.1, -0.05) is 12.1 Å². The first-order chi connectivity index (χ1) is 12.9. The summed E-state index contributed by atoms with van der Waals surface area (Å²) >= 11 is 0. The first kappa shape index (κ1) is 18.5. The third kappa shape index (κ3) is 4.46. The summed E-state index contributed by atoms with van der Waals surface area (Å²) in [6, 6.07) is 10.4. The quantitative estimate of drug-likeness (QED) is 0.827. The van der Waals surface area contributed by atoms with E-state index < -0.39 is 0 Å². The topological polar surface area (TPSA) is 95.5 Å². The molecule has 1 saturated heterocycles. The number of nitrogens with one attached hydrogen (secondary N) is 1. The molecule has 3 rings (SSSR count). The number of aromatic nitrogens is 2. The van der Waals surface area contributed by atoms with Gasteiger partial charge in [0.15, 0.2) is 17.3 Å². The molecule has 0 unspecified atom stereocenters. The Hall–Kier alpha value is -3.29. The van der Waals surface area contributed by atoms with Crippen molar-refractivity contribution in [1.29, 1.82) is 0 Å². The monoisotopic (exact) mass is 367 g/mol. The van der Waals surface area contributed by atoms with Crippen LogP contribution in [0.3, 0.4) is 0 Å². The number of hydrogen-bond acceptors (Lipinski definition) is 6. The van der Waals surface area contributed by atoms with E-state index in [9.17, 15) is 14.4 Å². The number of piperazine rings is 1. The van der Waals surface area contributed by atoms with Crippen molar-refractivity contribution >= 4 is 29.1 Å². The third-order valence-corrected chi connectivity index (χ3v) is 4.44. The average molecular weight is 367 g/mol. The molecular weight excluding hydrogens is 346 g/mol. The normalized spacial score (nSPS) is 14.0. The zero-order chi connectivity index (χ0) is 19.4. The highest BCUT2D eigenvalue weighted by molar-refractivity contribution is 5.95. The van der Waals surface area contributed by atoms with Crippen LogP contribution in [0.5, 0.6) is 0 Å². The first-order valence-electron chi connectivity index (χ1n) is 8.70. The molecular formula is C19H21N5O3. The minimum absolute atomic E-state index is 0.0180. The lowest BCUT2D eigenvalue weighted by molar-refractivity contribution is -0.130. The molecule has 2 amide bonds. The fourth-order valence-electron chi connectivity index (χ4n) is 2.86. The van der Waals surface area contributed by atoms with Crippen molar-refractivity contribution in [2.75, 3.05) is 31.5 Å². The molecule has 8 nitrogen and oxygen atoms in total. The summed E-state index contributed by atoms with van der Waals surface area (Å²) in [6.45, 7) is 5.06. The Labute approximate surface area is 157 Å². The highest BCUT2D eigenvalue weighted by Crippen LogP contribution is 2.16. The van der Waals surface area contributed by atoms with E-state index in [2.05, 4.69) is 15.5 Å². The molecule has 0 bridgehead atoms. The van der Waals surface area contributed by atoms with Crippen molar-refractivity contribution in [3.05, 3.63) is 47.7 Å². The van der Waals surface area contributed by atoms with Crippen LogP contribution in [0.4, 0.5) is 11.5 Å². The van der Waals surface area contributed by atoms with Crippen molar-refractivity contribution in [2.24, 2.45) is 0 Å². The van der Waals surface area contributed by atoms with E-state index in [0.717, 1.165) is 5.69 Å². The number of rotatable bonds is 4. The number of hydrogen-bond donors (Lipinski definition) is 1. The van der Waals surface area contributed by atoms with Gasteiger partial charge in [0.05, 0.1) is 0 Å². The van der Waals surface area contributed by atoms with Gasteiger partial charge in [-0.15, -0.1) is 10.2 Å². The van der Waals surface area contributed by atoms with Crippen LogP contribution in [0.15, 0.2) is 36.4 Å². The number of amides is 2. The second kappa shape index (κ2) is 7.94. The van der Waals surface area contributed by atoms with Gasteiger partial charge in [0.2, 0.25) is 5.91 Å². The number of nitrogens with zero attached hydrogens (tertiary/aromatic N) is 4. The zero-order valence-electron chi connectivity index (χ0n) is 15.3. The number of carbonyl (C=O) groups excluding carboxylic acids is 3. The Balaban J connectivity index is 1.63. The van der Waals surface area contributed by atoms with Gasteiger partial charge in [0.25, 0.3) is 5.91 Å². The van der Waals surface area contributed by atoms with Gasteiger partial charge in [-0.3, -0.25) is 14.4 Å². The van der Waals surface area contributed by atoms with Gasteiger partial charge in [-0.2, -0.15) is 0 Å². The van der Waals surface area contributed by atoms with Crippen molar-refractivity contribution in [3.63, 3.8) is 0 Å². The largest absolute Gasteiger partial charge is 0.339 e. The molecule has 0 saturated carbocycles. The van der Waals surface area contributed by atoms with Crippen LogP contribution < -0.4 is 5.32 Å². The maximum absolute atomic E-state index is 12.5. The Bertz CT molecular complexity index is 858. The molecule has 2 heterocycles. The van der Waals surface area contributed by atoms with Crippen molar-refractivity contribution in [2.45, 2.75) is 13.8 Å². The number of anilines is 2. The van der Waals surface area contributed by atoms with Crippen LogP contribution >= 0.6 is 0 Å². The standard InChI is InChI=1S/C19H21N5O3/c1-13(25)15-4-3-5-16(12-15)20-18-7-6-17(21-22-18)19(27)24-10-8-23(9-11-24)14(2)26/h3-7,12H,8-11H2,1-2H3,(H,20,22). The summed E-state index contributed by atoms with van der Waals surface area (Å²) in [6.07, 6.45) is 0. The lowest BCUT2D eigenvalue weighted by Crippen LogP contribution is -2.50. The van der Waals surface area contributed by atoms with Crippen LogP contribution in [0.1, 0.15) is 34.7 Å². The first-order valence-corrected chi connectivity index (χ1v) is 8.70. The van der Waals surface area contributed by atoms with Crippen LogP contribution in [0, 0.1) is 0 Å². The van der Waals surface area contributed by atoms with Crippen LogP contribution in [0.2, 0.25) is 0 Å². The van der Waals surface area contributed by atoms with Gasteiger partial charge < -0.3 is 15.1 Å². The van der Waals surface area contributed by atoms with E-state index in [1.165, 1.54) is 13.8 Å². The highest BCUT2D eigenvalue weighted by Gasteiger charge is 2.24. The summed E-state index contributed by atoms with van der Waals surface area (Å²) in [5.41, 5.74) is 1.58. The van der Waals surface area contributed by atoms with E-state index in [-0.39, 0.29) is 23.3 Å². The minimum atomic E-state index is -0.198. The summed E-state index contributed by atoms with van der Waals surface area (Å²) in [7, 11) is 0. The van der Waals surface area contributed by atoms with E-state index >= 15 is 0 Å².